The van der Waals surface area contributed by atoms with E-state index in [1.54, 1.807) is 33.3 Å². The first kappa shape index (κ1) is 119. The number of sulfonamides is 1. The molecule has 141 heavy (non-hydrogen) atoms. The Kier molecular flexibility index (Phi) is 53.8. The third-order valence-electron chi connectivity index (χ3n) is 22.2. The topological polar surface area (TPSA) is 461 Å². The normalized spacial score (nSPS) is 16.0. The molecule has 5 aliphatic heterocycles. The van der Waals surface area contributed by atoms with Crippen LogP contribution >= 0.6 is 34.9 Å². The van der Waals surface area contributed by atoms with Gasteiger partial charge in [-0.05, 0) is 37.6 Å². The van der Waals surface area contributed by atoms with Gasteiger partial charge >= 0.3 is 5.97 Å². The number of nitrogens with one attached hydrogen (secondary N) is 2. The summed E-state index contributed by atoms with van der Waals surface area (Å²) in [5, 5.41) is 11.5. The van der Waals surface area contributed by atoms with Gasteiger partial charge in [0.1, 0.15) is 43.6 Å². The minimum absolute atomic E-state index is 0.0128. The summed E-state index contributed by atoms with van der Waals surface area (Å²) >= 11 is 1.80. The van der Waals surface area contributed by atoms with E-state index in [9.17, 15) is 44.2 Å². The highest BCUT2D eigenvalue weighted by Gasteiger charge is 2.51. The fourth-order valence-electron chi connectivity index (χ4n) is 14.5. The van der Waals surface area contributed by atoms with Crippen LogP contribution in [0.4, 0.5) is 18.9 Å². The van der Waals surface area contributed by atoms with Crippen molar-refractivity contribution < 1.29 is 181 Å². The number of aliphatic hydroxyl groups is 1. The number of aliphatic hydroxyl groups excluding tert-OH is 1. The highest BCUT2D eigenvalue weighted by molar-refractivity contribution is 8.19. The quantitative estimate of drug-likeness (QED) is 0.0124. The van der Waals surface area contributed by atoms with E-state index >= 15 is 13.2 Å². The Morgan fingerprint density at radius 2 is 0.929 bits per heavy atom. The Bertz CT molecular complexity index is 5020. The second kappa shape index (κ2) is 63.8. The predicted octanol–water partition coefficient (Wildman–Crippen LogP) is 3.88. The Balaban J connectivity index is 0.738. The van der Waals surface area contributed by atoms with Gasteiger partial charge in [-0.15, -0.1) is 39.9 Å². The SMILES string of the molecule is COCCOCCOCCOCCOCCOCCOCCOCCOCCOCCOCCOCCNS(=O)(=O)c1cc2c(s1)-c1cc3c(cc1=[N+](C)C2(C)C)Oc1cc2c(cc1C=3c1c(F)c(SCC(=O)ON3C(=O)CCC3=O)c(F)c(F)c1S(=O)(=O)[O-])C1SC(S(=O)(=O)COCCOCCOCCOCCOCCOCCNCCOCCOCCOCCOCCOCCO)=CC1C(C)(C)N2C. The molecule has 798 valence electrons. The molecular formula is C91H136F3N5O36S6. The number of hydrogen-bond donors (Lipinski definition) is 3. The molecule has 3 N–H and O–H groups in total. The number of anilines is 1. The number of fused-ring (bicyclic) bond motifs is 8. The van der Waals surface area contributed by atoms with Crippen molar-refractivity contribution in [3.8, 4) is 21.9 Å². The first-order chi connectivity index (χ1) is 68.1. The van der Waals surface area contributed by atoms with Crippen molar-refractivity contribution in [3.63, 3.8) is 0 Å². The number of hydrogen-bond acceptors (Lipinski definition) is 41. The van der Waals surface area contributed by atoms with Crippen LogP contribution in [0, 0.1) is 23.4 Å². The lowest BCUT2D eigenvalue weighted by atomic mass is 9.76. The van der Waals surface area contributed by atoms with E-state index in [0.717, 1.165) is 23.1 Å². The summed E-state index contributed by atoms with van der Waals surface area (Å²) in [6, 6.07) is 7.45. The summed E-state index contributed by atoms with van der Waals surface area (Å²) < 4.78 is 289. The molecule has 0 spiro atoms. The molecule has 9 rings (SSSR count). The zero-order valence-corrected chi connectivity index (χ0v) is 85.9. The molecule has 6 heterocycles. The molecule has 50 heteroatoms. The minimum atomic E-state index is -6.28. The van der Waals surface area contributed by atoms with Crippen molar-refractivity contribution in [2.45, 2.75) is 70.9 Å². The average Bonchev–Trinajstić information content (AvgIpc) is 1.69. The van der Waals surface area contributed by atoms with Crippen LogP contribution in [0.5, 0.6) is 11.5 Å². The Morgan fingerprint density at radius 1 is 0.525 bits per heavy atom. The lowest BCUT2D eigenvalue weighted by Crippen LogP contribution is -2.51. The van der Waals surface area contributed by atoms with Gasteiger partial charge in [-0.2, -0.15) is 0 Å². The number of thioether (sulfide) groups is 2. The van der Waals surface area contributed by atoms with E-state index in [1.165, 1.54) is 24.3 Å². The number of sulfone groups is 1. The number of methoxy groups -OCH3 is 1. The maximum atomic E-state index is 18.4. The summed E-state index contributed by atoms with van der Waals surface area (Å²) in [5.74, 6) is -12.3. The lowest BCUT2D eigenvalue weighted by Gasteiger charge is -2.49. The van der Waals surface area contributed by atoms with Gasteiger partial charge in [0.2, 0.25) is 25.2 Å². The smallest absolute Gasteiger partial charge is 0.343 e. The summed E-state index contributed by atoms with van der Waals surface area (Å²) in [6.07, 6.45) is 0.995. The molecule has 3 aromatic carbocycles. The van der Waals surface area contributed by atoms with Gasteiger partial charge in [0.15, 0.2) is 23.1 Å². The highest BCUT2D eigenvalue weighted by atomic mass is 32.3. The van der Waals surface area contributed by atoms with Gasteiger partial charge in [0, 0.05) is 116 Å². The van der Waals surface area contributed by atoms with Crippen LogP contribution in [-0.4, -0.2) is 413 Å². The van der Waals surface area contributed by atoms with Crippen molar-refractivity contribution in [2.24, 2.45) is 5.92 Å². The van der Waals surface area contributed by atoms with Crippen molar-refractivity contribution >= 4 is 93.9 Å². The molecule has 5 aliphatic rings. The lowest BCUT2D eigenvalue weighted by molar-refractivity contribution is -0.195. The first-order valence-electron chi connectivity index (χ1n) is 46.6. The molecule has 2 unspecified atom stereocenters. The standard InChI is InChI=1S/C91H136F3N5O36S6/c1-90(2)70-60-79(139(104,105)65-133-57-56-132-55-54-131-53-52-123-35-31-118-25-21-113-15-11-95-10-14-112-20-24-117-30-34-122-37-33-120-27-23-115-17-13-100)137-86(70)66-58-68-74(62-72(66)97(90)5)134-75-63-73-67(59-69(75)81(68)82-83(92)88(84(93)85(94)89(82)141(108,109)110)136-64-78(103)135-99-76(101)8-9-77(99)102)87-71(91(3,4)98(73)6)61-80(138-87)140(106,107)96-12-16-114-22-26-119-32-36-124-40-41-126-44-45-128-48-49-130-51-50-129-47-46-127-43-42-125-39-38-121-29-28-116-19-18-111-7/h58-63,70,86,95-96,100H,8-57,64-65H2,1-7H3. The van der Waals surface area contributed by atoms with Crippen molar-refractivity contribution in [2.75, 3.05) is 355 Å². The van der Waals surface area contributed by atoms with Crippen LogP contribution in [0.1, 0.15) is 68.0 Å². The zero-order valence-electron chi connectivity index (χ0n) is 81.0. The second-order valence-corrected chi connectivity index (χ2v) is 41.3. The zero-order chi connectivity index (χ0) is 101. The third kappa shape index (κ3) is 38.1. The maximum Gasteiger partial charge on any atom is 0.343 e. The number of benzene rings is 3. The fraction of sp³-hybridized carbons (Fsp3) is 0.692. The summed E-state index contributed by atoms with van der Waals surface area (Å²) in [6.45, 7) is 24.6. The number of imide groups is 1. The molecular weight excluding hydrogens is 1990 g/mol. The number of thiophene rings is 1. The molecule has 4 aromatic rings. The molecule has 1 saturated heterocycles. The molecule has 1 fully saturated rings. The van der Waals surface area contributed by atoms with Gasteiger partial charge in [0.05, 0.1) is 329 Å². The molecule has 1 aromatic heterocycles. The van der Waals surface area contributed by atoms with E-state index in [-0.39, 0.29) is 145 Å². The Hall–Kier alpha value is -5.76. The predicted molar refractivity (Wildman–Crippen MR) is 508 cm³/mol. The Labute approximate surface area is 834 Å². The minimum Gasteiger partial charge on any atom is -0.744 e. The van der Waals surface area contributed by atoms with Crippen LogP contribution in [0.15, 0.2) is 54.6 Å². The number of rotatable bonds is 82. The monoisotopic (exact) mass is 2120 g/mol. The molecule has 0 radical (unpaired) electrons. The number of hydroxylamine groups is 2. The number of carbonyl (C=O) groups is 3. The van der Waals surface area contributed by atoms with Crippen LogP contribution < -0.4 is 34.8 Å². The third-order valence-corrected chi connectivity index (χ3v) is 30.7. The van der Waals surface area contributed by atoms with Gasteiger partial charge < -0.3 is 138 Å². The second-order valence-electron chi connectivity index (χ2n) is 32.6. The van der Waals surface area contributed by atoms with Crippen LogP contribution in [0.2, 0.25) is 0 Å². The van der Waals surface area contributed by atoms with Gasteiger partial charge in [-0.3, -0.25) is 9.59 Å². The summed E-state index contributed by atoms with van der Waals surface area (Å²) in [7, 11) is -9.72. The largest absolute Gasteiger partial charge is 0.744 e. The molecule has 2 amide bonds. The first-order valence-corrected chi connectivity index (χ1v) is 53.8. The number of carbonyl (C=O) groups excluding carboxylic acids is 3. The van der Waals surface area contributed by atoms with E-state index in [1.807, 2.05) is 37.2 Å². The van der Waals surface area contributed by atoms with Crippen molar-refractivity contribution in [1.82, 2.24) is 19.7 Å². The molecule has 41 nitrogen and oxygen atoms in total. The molecule has 0 saturated carbocycles. The molecule has 0 aliphatic carbocycles. The Morgan fingerprint density at radius 3 is 1.35 bits per heavy atom. The molecule has 2 atom stereocenters. The van der Waals surface area contributed by atoms with Gasteiger partial charge in [-0.1, -0.05) is 6.08 Å². The maximum absolute atomic E-state index is 18.4. The fourth-order valence-corrected chi connectivity index (χ4v) is 22.0. The van der Waals surface area contributed by atoms with Gasteiger partial charge in [-0.25, -0.2) is 52.5 Å². The van der Waals surface area contributed by atoms with E-state index in [0.29, 0.717) is 265 Å². The molecule has 0 bridgehead atoms. The van der Waals surface area contributed by atoms with Crippen molar-refractivity contribution in [1.29, 1.82) is 0 Å². The van der Waals surface area contributed by atoms with E-state index in [4.69, 9.17) is 124 Å². The van der Waals surface area contributed by atoms with E-state index in [2.05, 4.69) is 10.0 Å². The number of nitrogens with zero attached hydrogens (tertiary/aromatic N) is 3. The van der Waals surface area contributed by atoms with Crippen LogP contribution in [-0.2, 0) is 164 Å². The number of ether oxygens (including phenoxy) is 24. The van der Waals surface area contributed by atoms with Gasteiger partial charge in [0.25, 0.3) is 11.8 Å². The number of halogens is 3. The van der Waals surface area contributed by atoms with E-state index < -0.39 is 120 Å². The van der Waals surface area contributed by atoms with Crippen LogP contribution in [0.3, 0.4) is 0 Å². The van der Waals surface area contributed by atoms with Crippen LogP contribution in [0.25, 0.3) is 16.0 Å². The number of amides is 2. The summed E-state index contributed by atoms with van der Waals surface area (Å²) in [4.78, 5) is 42.0. The average molecular weight is 2130 g/mol. The van der Waals surface area contributed by atoms with Crippen molar-refractivity contribution in [3.05, 3.63) is 90.9 Å². The summed E-state index contributed by atoms with van der Waals surface area (Å²) in [5.41, 5.74) is -2.41. The highest BCUT2D eigenvalue weighted by Crippen LogP contribution is 2.61.